The van der Waals surface area contributed by atoms with Gasteiger partial charge in [0.2, 0.25) is 6.79 Å². The minimum atomic E-state index is -0.569. The van der Waals surface area contributed by atoms with E-state index in [0.29, 0.717) is 13.2 Å². The lowest BCUT2D eigenvalue weighted by molar-refractivity contribution is 0.00769. The largest absolute Gasteiger partial charge is 0.454 e. The number of rotatable bonds is 7. The molecule has 5 nitrogen and oxygen atoms in total. The van der Waals surface area contributed by atoms with Crippen molar-refractivity contribution in [3.05, 3.63) is 59.4 Å². The van der Waals surface area contributed by atoms with E-state index in [0.717, 1.165) is 42.0 Å². The number of ether oxygens (including phenoxy) is 3. The molecule has 0 radical (unpaired) electrons. The molecule has 4 rings (SSSR count). The molecule has 1 saturated heterocycles. The molecule has 0 amide bonds. The number of hydrogen-bond donors (Lipinski definition) is 1. The molecule has 6 heteroatoms. The lowest BCUT2D eigenvalue weighted by Crippen LogP contribution is -2.34. The molecule has 1 N–H and O–H groups in total. The zero-order chi connectivity index (χ0) is 18.6. The Labute approximate surface area is 158 Å². The first-order valence-electron chi connectivity index (χ1n) is 9.33. The van der Waals surface area contributed by atoms with Crippen LogP contribution in [0.1, 0.15) is 30.0 Å². The van der Waals surface area contributed by atoms with E-state index in [1.807, 2.05) is 30.3 Å². The van der Waals surface area contributed by atoms with E-state index in [1.165, 1.54) is 12.1 Å². The van der Waals surface area contributed by atoms with Crippen LogP contribution in [0.25, 0.3) is 0 Å². The molecule has 2 aromatic rings. The maximum Gasteiger partial charge on any atom is 0.231 e. The monoisotopic (exact) mass is 373 g/mol. The van der Waals surface area contributed by atoms with Crippen LogP contribution in [0.4, 0.5) is 4.39 Å². The van der Waals surface area contributed by atoms with Crippen molar-refractivity contribution in [2.45, 2.75) is 31.6 Å². The van der Waals surface area contributed by atoms with E-state index in [4.69, 9.17) is 14.2 Å². The van der Waals surface area contributed by atoms with Crippen molar-refractivity contribution >= 4 is 0 Å². The first-order valence-corrected chi connectivity index (χ1v) is 9.33. The first kappa shape index (κ1) is 18.2. The van der Waals surface area contributed by atoms with E-state index >= 15 is 0 Å². The lowest BCUT2D eigenvalue weighted by atomic mass is 10.0. The van der Waals surface area contributed by atoms with Crippen molar-refractivity contribution in [3.63, 3.8) is 0 Å². The Hall–Kier alpha value is -2.15. The van der Waals surface area contributed by atoms with Gasteiger partial charge in [-0.05, 0) is 54.8 Å². The fraction of sp³-hybridized carbons (Fsp3) is 0.429. The number of nitrogens with zero attached hydrogens (tertiary/aromatic N) is 1. The van der Waals surface area contributed by atoms with Gasteiger partial charge in [0.15, 0.2) is 11.5 Å². The summed E-state index contributed by atoms with van der Waals surface area (Å²) in [5, 5.41) is 10.4. The van der Waals surface area contributed by atoms with Crippen LogP contribution in [-0.4, -0.2) is 42.6 Å². The van der Waals surface area contributed by atoms with E-state index in [1.54, 1.807) is 0 Å². The number of fused-ring (bicyclic) bond motifs is 1. The Kier molecular flexibility index (Phi) is 5.57. The van der Waals surface area contributed by atoms with Crippen LogP contribution >= 0.6 is 0 Å². The second kappa shape index (κ2) is 8.25. The van der Waals surface area contributed by atoms with Crippen molar-refractivity contribution in [1.29, 1.82) is 0 Å². The summed E-state index contributed by atoms with van der Waals surface area (Å²) >= 11 is 0. The fourth-order valence-corrected chi connectivity index (χ4v) is 3.77. The Morgan fingerprint density at radius 2 is 1.96 bits per heavy atom. The van der Waals surface area contributed by atoms with Gasteiger partial charge >= 0.3 is 0 Å². The molecule has 2 unspecified atom stereocenters. The van der Waals surface area contributed by atoms with Gasteiger partial charge in [-0.1, -0.05) is 18.2 Å². The van der Waals surface area contributed by atoms with Crippen LogP contribution in [0.5, 0.6) is 11.5 Å². The third-order valence-electron chi connectivity index (χ3n) is 5.08. The number of likely N-dealkylation sites (tertiary alicyclic amines) is 1. The van der Waals surface area contributed by atoms with Crippen molar-refractivity contribution in [3.8, 4) is 11.5 Å². The second-order valence-corrected chi connectivity index (χ2v) is 7.06. The van der Waals surface area contributed by atoms with Gasteiger partial charge in [0.25, 0.3) is 0 Å². The fourth-order valence-electron chi connectivity index (χ4n) is 3.77. The predicted octanol–water partition coefficient (Wildman–Crippen LogP) is 3.27. The van der Waals surface area contributed by atoms with Crippen LogP contribution in [0.15, 0.2) is 42.5 Å². The molecule has 0 aliphatic carbocycles. The highest BCUT2D eigenvalue weighted by Crippen LogP contribution is 2.33. The Morgan fingerprint density at radius 1 is 1.15 bits per heavy atom. The Morgan fingerprint density at radius 3 is 2.81 bits per heavy atom. The summed E-state index contributed by atoms with van der Waals surface area (Å²) in [5.41, 5.74) is 2.08. The van der Waals surface area contributed by atoms with E-state index in [9.17, 15) is 9.50 Å². The summed E-state index contributed by atoms with van der Waals surface area (Å²) in [5.74, 6) is 1.26. The smallest absolute Gasteiger partial charge is 0.231 e. The molecule has 0 saturated carbocycles. The average molecular weight is 373 g/mol. The molecule has 2 aliphatic rings. The number of hydrogen-bond acceptors (Lipinski definition) is 5. The van der Waals surface area contributed by atoms with Gasteiger partial charge < -0.3 is 19.3 Å². The topological polar surface area (TPSA) is 51.2 Å². The SMILES string of the molecule is OC(COCc1ccc2c(c1)OCO2)CN1CCCC1c1ccc(F)cc1. The van der Waals surface area contributed by atoms with E-state index in [-0.39, 0.29) is 25.3 Å². The molecule has 144 valence electrons. The molecule has 2 atom stereocenters. The number of benzene rings is 2. The van der Waals surface area contributed by atoms with Crippen molar-refractivity contribution in [1.82, 2.24) is 4.90 Å². The molecule has 27 heavy (non-hydrogen) atoms. The highest BCUT2D eigenvalue weighted by molar-refractivity contribution is 5.44. The van der Waals surface area contributed by atoms with Gasteiger partial charge in [0.05, 0.1) is 19.3 Å². The third kappa shape index (κ3) is 4.40. The summed E-state index contributed by atoms with van der Waals surface area (Å²) < 4.78 is 29.5. The zero-order valence-corrected chi connectivity index (χ0v) is 15.1. The predicted molar refractivity (Wildman–Crippen MR) is 98.2 cm³/mol. The highest BCUT2D eigenvalue weighted by atomic mass is 19.1. The normalized spacial score (nSPS) is 20.1. The van der Waals surface area contributed by atoms with Crippen LogP contribution in [-0.2, 0) is 11.3 Å². The number of β-amino-alcohol motifs (C(OH)–C–C–N with tert-alkyl or cyclic N) is 1. The van der Waals surface area contributed by atoms with Gasteiger partial charge in [-0.25, -0.2) is 4.39 Å². The van der Waals surface area contributed by atoms with Gasteiger partial charge in [-0.3, -0.25) is 4.90 Å². The van der Waals surface area contributed by atoms with Gasteiger partial charge in [0.1, 0.15) is 5.82 Å². The van der Waals surface area contributed by atoms with Gasteiger partial charge in [-0.2, -0.15) is 0 Å². The zero-order valence-electron chi connectivity index (χ0n) is 15.1. The second-order valence-electron chi connectivity index (χ2n) is 7.06. The summed E-state index contributed by atoms with van der Waals surface area (Å²) in [6.07, 6.45) is 1.53. The summed E-state index contributed by atoms with van der Waals surface area (Å²) in [4.78, 5) is 2.25. The number of aliphatic hydroxyl groups excluding tert-OH is 1. The van der Waals surface area contributed by atoms with Gasteiger partial charge in [0, 0.05) is 12.6 Å². The molecule has 0 aromatic heterocycles. The quantitative estimate of drug-likeness (QED) is 0.807. The van der Waals surface area contributed by atoms with Crippen molar-refractivity contribution in [2.75, 3.05) is 26.5 Å². The number of halogens is 1. The van der Waals surface area contributed by atoms with Gasteiger partial charge in [-0.15, -0.1) is 0 Å². The minimum Gasteiger partial charge on any atom is -0.454 e. The van der Waals surface area contributed by atoms with Crippen LogP contribution in [0.3, 0.4) is 0 Å². The van der Waals surface area contributed by atoms with E-state index < -0.39 is 6.10 Å². The Balaban J connectivity index is 1.26. The highest BCUT2D eigenvalue weighted by Gasteiger charge is 2.27. The van der Waals surface area contributed by atoms with E-state index in [2.05, 4.69) is 4.90 Å². The minimum absolute atomic E-state index is 0.222. The van der Waals surface area contributed by atoms with Crippen molar-refractivity contribution < 1.29 is 23.7 Å². The molecular formula is C21H24FNO4. The molecule has 0 bridgehead atoms. The molecule has 1 fully saturated rings. The molecule has 2 aliphatic heterocycles. The standard InChI is InChI=1S/C21H24FNO4/c22-17-6-4-16(5-7-17)19-2-1-9-23(19)11-18(24)13-25-12-15-3-8-20-21(10-15)27-14-26-20/h3-8,10,18-19,24H,1-2,9,11-14H2. The maximum atomic E-state index is 13.1. The molecule has 2 heterocycles. The van der Waals surface area contributed by atoms with Crippen LogP contribution < -0.4 is 9.47 Å². The summed E-state index contributed by atoms with van der Waals surface area (Å²) in [7, 11) is 0. The summed E-state index contributed by atoms with van der Waals surface area (Å²) in [6, 6.07) is 12.6. The maximum absolute atomic E-state index is 13.1. The molecule has 0 spiro atoms. The number of aliphatic hydroxyl groups is 1. The molecular weight excluding hydrogens is 349 g/mol. The molecule has 2 aromatic carbocycles. The summed E-state index contributed by atoms with van der Waals surface area (Å²) in [6.45, 7) is 2.41. The van der Waals surface area contributed by atoms with Crippen LogP contribution in [0, 0.1) is 5.82 Å². The Bertz CT molecular complexity index is 767. The lowest BCUT2D eigenvalue weighted by Gasteiger charge is -2.27. The van der Waals surface area contributed by atoms with Crippen molar-refractivity contribution in [2.24, 2.45) is 0 Å². The first-order chi connectivity index (χ1) is 13.2. The average Bonchev–Trinajstić information content (AvgIpc) is 3.31. The van der Waals surface area contributed by atoms with Crippen LogP contribution in [0.2, 0.25) is 0 Å². The third-order valence-corrected chi connectivity index (χ3v) is 5.08.